The van der Waals surface area contributed by atoms with Gasteiger partial charge in [-0.3, -0.25) is 10.1 Å². The van der Waals surface area contributed by atoms with Gasteiger partial charge in [0, 0.05) is 18.2 Å². The number of aliphatic imine (C=N–C) groups is 1. The predicted molar refractivity (Wildman–Crippen MR) is 98.3 cm³/mol. The molecule has 0 radical (unpaired) electrons. The number of esters is 1. The van der Waals surface area contributed by atoms with Crippen molar-refractivity contribution in [2.45, 2.75) is 0 Å². The number of non-ortho nitro benzene ring substituents is 1. The van der Waals surface area contributed by atoms with Crippen LogP contribution in [0.25, 0.3) is 6.08 Å². The third kappa shape index (κ3) is 3.90. The largest absolute Gasteiger partial charge is 0.497 e. The Bertz CT molecular complexity index is 977. The van der Waals surface area contributed by atoms with Crippen LogP contribution in [0.15, 0.2) is 47.1 Å². The van der Waals surface area contributed by atoms with Crippen molar-refractivity contribution in [2.24, 2.45) is 4.99 Å². The van der Waals surface area contributed by atoms with Gasteiger partial charge in [0.1, 0.15) is 11.5 Å². The molecule has 138 valence electrons. The van der Waals surface area contributed by atoms with Crippen molar-refractivity contribution in [3.8, 4) is 11.5 Å². The second-order valence-corrected chi connectivity index (χ2v) is 5.81. The maximum Gasteiger partial charge on any atom is 0.363 e. The number of hydrogen-bond acceptors (Lipinski definition) is 7. The monoisotopic (exact) mass is 388 g/mol. The fourth-order valence-electron chi connectivity index (χ4n) is 2.39. The highest BCUT2D eigenvalue weighted by Crippen LogP contribution is 2.29. The van der Waals surface area contributed by atoms with Crippen LogP contribution in [0.3, 0.4) is 0 Å². The van der Waals surface area contributed by atoms with Gasteiger partial charge in [0.25, 0.3) is 5.69 Å². The fraction of sp³-hybridized carbons (Fsp3) is 0.111. The quantitative estimate of drug-likeness (QED) is 0.335. The van der Waals surface area contributed by atoms with Crippen molar-refractivity contribution >= 4 is 35.2 Å². The third-order valence-electron chi connectivity index (χ3n) is 3.69. The van der Waals surface area contributed by atoms with Crippen molar-refractivity contribution in [2.75, 3.05) is 14.2 Å². The maximum absolute atomic E-state index is 12.2. The van der Waals surface area contributed by atoms with Gasteiger partial charge in [-0.15, -0.1) is 0 Å². The molecule has 9 heteroatoms. The SMILES string of the molecule is COc1cc(/C=C2\N=C(c3cc([N+](=O)[O-])ccc3Cl)OC2=O)cc(OC)c1. The van der Waals surface area contributed by atoms with Gasteiger partial charge >= 0.3 is 5.97 Å². The molecule has 0 aromatic heterocycles. The molecule has 8 nitrogen and oxygen atoms in total. The Labute approximate surface area is 158 Å². The molecular weight excluding hydrogens is 376 g/mol. The molecule has 0 bridgehead atoms. The van der Waals surface area contributed by atoms with Crippen LogP contribution in [0, 0.1) is 10.1 Å². The number of ether oxygens (including phenoxy) is 3. The van der Waals surface area contributed by atoms with Crippen LogP contribution in [0.4, 0.5) is 5.69 Å². The van der Waals surface area contributed by atoms with E-state index in [2.05, 4.69) is 4.99 Å². The topological polar surface area (TPSA) is 100 Å². The zero-order valence-electron chi connectivity index (χ0n) is 14.3. The molecule has 0 aliphatic carbocycles. The molecule has 0 atom stereocenters. The number of halogens is 1. The Hall–Kier alpha value is -3.39. The summed E-state index contributed by atoms with van der Waals surface area (Å²) in [4.78, 5) is 26.7. The average molecular weight is 389 g/mol. The molecular formula is C18H13ClN2O6. The number of methoxy groups -OCH3 is 2. The molecule has 0 saturated carbocycles. The van der Waals surface area contributed by atoms with Crippen molar-refractivity contribution < 1.29 is 23.9 Å². The van der Waals surface area contributed by atoms with E-state index in [0.29, 0.717) is 17.1 Å². The lowest BCUT2D eigenvalue weighted by molar-refractivity contribution is -0.384. The molecule has 2 aromatic carbocycles. The molecule has 0 unspecified atom stereocenters. The molecule has 1 heterocycles. The molecule has 2 aromatic rings. The van der Waals surface area contributed by atoms with Crippen molar-refractivity contribution in [1.82, 2.24) is 0 Å². The van der Waals surface area contributed by atoms with Gasteiger partial charge in [-0.2, -0.15) is 0 Å². The summed E-state index contributed by atoms with van der Waals surface area (Å²) in [7, 11) is 3.02. The highest BCUT2D eigenvalue weighted by molar-refractivity contribution is 6.34. The zero-order valence-corrected chi connectivity index (χ0v) is 15.0. The molecule has 0 fully saturated rings. The van der Waals surface area contributed by atoms with Crippen LogP contribution in [-0.4, -0.2) is 31.0 Å². The summed E-state index contributed by atoms with van der Waals surface area (Å²) in [6.45, 7) is 0. The van der Waals surface area contributed by atoms with Gasteiger partial charge in [0.15, 0.2) is 5.70 Å². The van der Waals surface area contributed by atoms with E-state index < -0.39 is 10.9 Å². The van der Waals surface area contributed by atoms with E-state index in [1.165, 1.54) is 38.5 Å². The molecule has 3 rings (SSSR count). The van der Waals surface area contributed by atoms with E-state index in [-0.39, 0.29) is 27.9 Å². The summed E-state index contributed by atoms with van der Waals surface area (Å²) in [5, 5.41) is 11.1. The van der Waals surface area contributed by atoms with Crippen LogP contribution in [0.1, 0.15) is 11.1 Å². The van der Waals surface area contributed by atoms with E-state index in [9.17, 15) is 14.9 Å². The second-order valence-electron chi connectivity index (χ2n) is 5.40. The normalized spacial score (nSPS) is 14.7. The second kappa shape index (κ2) is 7.46. The first-order valence-corrected chi connectivity index (χ1v) is 7.99. The summed E-state index contributed by atoms with van der Waals surface area (Å²) >= 11 is 6.07. The van der Waals surface area contributed by atoms with Crippen LogP contribution >= 0.6 is 11.6 Å². The lowest BCUT2D eigenvalue weighted by atomic mass is 10.1. The summed E-state index contributed by atoms with van der Waals surface area (Å²) in [5.41, 5.74) is 0.588. The number of nitro benzene ring substituents is 1. The van der Waals surface area contributed by atoms with Crippen LogP contribution in [0.2, 0.25) is 5.02 Å². The van der Waals surface area contributed by atoms with Gasteiger partial charge < -0.3 is 14.2 Å². The molecule has 0 spiro atoms. The Morgan fingerprint density at radius 3 is 2.41 bits per heavy atom. The number of carbonyl (C=O) groups is 1. The summed E-state index contributed by atoms with van der Waals surface area (Å²) in [6, 6.07) is 8.87. The summed E-state index contributed by atoms with van der Waals surface area (Å²) in [5.74, 6) is 0.279. The number of nitrogens with zero attached hydrogens (tertiary/aromatic N) is 2. The van der Waals surface area contributed by atoms with Gasteiger partial charge in [-0.1, -0.05) is 11.6 Å². The number of cyclic esters (lactones) is 1. The van der Waals surface area contributed by atoms with E-state index >= 15 is 0 Å². The van der Waals surface area contributed by atoms with Gasteiger partial charge in [0.05, 0.1) is 29.7 Å². The molecule has 1 aliphatic rings. The number of rotatable bonds is 5. The van der Waals surface area contributed by atoms with Crippen molar-refractivity contribution in [3.05, 3.63) is 68.4 Å². The highest BCUT2D eigenvalue weighted by Gasteiger charge is 2.27. The van der Waals surface area contributed by atoms with Crippen molar-refractivity contribution in [3.63, 3.8) is 0 Å². The van der Waals surface area contributed by atoms with Crippen LogP contribution in [0.5, 0.6) is 11.5 Å². The Morgan fingerprint density at radius 1 is 1.15 bits per heavy atom. The van der Waals surface area contributed by atoms with Gasteiger partial charge in [-0.25, -0.2) is 9.79 Å². The minimum atomic E-state index is -0.700. The van der Waals surface area contributed by atoms with Gasteiger partial charge in [-0.05, 0) is 29.8 Å². The first-order valence-electron chi connectivity index (χ1n) is 7.61. The predicted octanol–water partition coefficient (Wildman–Crippen LogP) is 3.61. The van der Waals surface area contributed by atoms with Crippen LogP contribution < -0.4 is 9.47 Å². The van der Waals surface area contributed by atoms with Gasteiger partial charge in [0.2, 0.25) is 5.90 Å². The number of benzene rings is 2. The molecule has 27 heavy (non-hydrogen) atoms. The van der Waals surface area contributed by atoms with Crippen molar-refractivity contribution in [1.29, 1.82) is 0 Å². The lowest BCUT2D eigenvalue weighted by Crippen LogP contribution is -2.06. The first-order chi connectivity index (χ1) is 12.9. The smallest absolute Gasteiger partial charge is 0.363 e. The zero-order chi connectivity index (χ0) is 19.6. The minimum Gasteiger partial charge on any atom is -0.497 e. The molecule has 1 aliphatic heterocycles. The Morgan fingerprint density at radius 2 is 1.81 bits per heavy atom. The molecule has 0 saturated heterocycles. The Balaban J connectivity index is 2.01. The Kier molecular flexibility index (Phi) is 5.09. The molecule has 0 N–H and O–H groups in total. The highest BCUT2D eigenvalue weighted by atomic mass is 35.5. The number of hydrogen-bond donors (Lipinski definition) is 0. The summed E-state index contributed by atoms with van der Waals surface area (Å²) in [6.07, 6.45) is 1.49. The first kappa shape index (κ1) is 18.4. The summed E-state index contributed by atoms with van der Waals surface area (Å²) < 4.78 is 15.5. The number of nitro groups is 1. The maximum atomic E-state index is 12.2. The standard InChI is InChI=1S/C18H13ClN2O6/c1-25-12-5-10(6-13(9-12)26-2)7-16-18(22)27-17(20-16)14-8-11(21(23)24)3-4-15(14)19/h3-9H,1-2H3/b16-7-. The third-order valence-corrected chi connectivity index (χ3v) is 4.02. The number of carbonyl (C=O) groups excluding carboxylic acids is 1. The lowest BCUT2D eigenvalue weighted by Gasteiger charge is -2.05. The van der Waals surface area contributed by atoms with E-state index in [1.54, 1.807) is 18.2 Å². The molecule has 0 amide bonds. The fourth-order valence-corrected chi connectivity index (χ4v) is 2.58. The van der Waals surface area contributed by atoms with E-state index in [0.717, 1.165) is 0 Å². The van der Waals surface area contributed by atoms with E-state index in [1.807, 2.05) is 0 Å². The van der Waals surface area contributed by atoms with Crippen LogP contribution in [-0.2, 0) is 9.53 Å². The minimum absolute atomic E-state index is 0.0166. The average Bonchev–Trinajstić information content (AvgIpc) is 3.01. The van der Waals surface area contributed by atoms with E-state index in [4.69, 9.17) is 25.8 Å².